The van der Waals surface area contributed by atoms with Gasteiger partial charge in [0.25, 0.3) is 0 Å². The summed E-state index contributed by atoms with van der Waals surface area (Å²) >= 11 is 0. The topological polar surface area (TPSA) is 71.3 Å². The third-order valence-corrected chi connectivity index (χ3v) is 5.89. The van der Waals surface area contributed by atoms with Crippen LogP contribution in [0.25, 0.3) is 0 Å². The highest BCUT2D eigenvalue weighted by atomic mass is 16.5. The number of nitrogens with zero attached hydrogens (tertiary/aromatic N) is 3. The molecule has 1 fully saturated rings. The molecule has 0 radical (unpaired) electrons. The second-order valence-corrected chi connectivity index (χ2v) is 7.85. The molecule has 1 saturated heterocycles. The Bertz CT molecular complexity index is 808. The molecule has 1 aromatic carbocycles. The number of fused-ring (bicyclic) bond motifs is 1. The van der Waals surface area contributed by atoms with Gasteiger partial charge in [-0.2, -0.15) is 4.98 Å². The number of rotatable bonds is 3. The Morgan fingerprint density at radius 2 is 1.96 bits per heavy atom. The molecule has 144 valence electrons. The summed E-state index contributed by atoms with van der Waals surface area (Å²) in [6.45, 7) is 5.33. The third-order valence-electron chi connectivity index (χ3n) is 5.89. The van der Waals surface area contributed by atoms with Gasteiger partial charge in [-0.05, 0) is 69.1 Å². The number of aryl methyl sites for hydroxylation is 3. The van der Waals surface area contributed by atoms with Gasteiger partial charge in [-0.3, -0.25) is 0 Å². The van der Waals surface area contributed by atoms with Crippen LogP contribution >= 0.6 is 0 Å². The van der Waals surface area contributed by atoms with Crippen molar-refractivity contribution in [3.8, 4) is 0 Å². The van der Waals surface area contributed by atoms with Crippen LogP contribution in [0.5, 0.6) is 0 Å². The van der Waals surface area contributed by atoms with Crippen molar-refractivity contribution in [3.05, 3.63) is 46.6 Å². The second kappa shape index (κ2) is 7.71. The monoisotopic (exact) mass is 368 g/mol. The van der Waals surface area contributed by atoms with E-state index in [-0.39, 0.29) is 18.0 Å². The molecule has 0 bridgehead atoms. The maximum absolute atomic E-state index is 12.7. The number of benzene rings is 1. The smallest absolute Gasteiger partial charge is 0.317 e. The quantitative estimate of drug-likeness (QED) is 0.892. The molecule has 2 aliphatic rings. The predicted octanol–water partition coefficient (Wildman–Crippen LogP) is 3.91. The van der Waals surface area contributed by atoms with Gasteiger partial charge in [-0.15, -0.1) is 0 Å². The van der Waals surface area contributed by atoms with Crippen molar-refractivity contribution in [1.29, 1.82) is 0 Å². The van der Waals surface area contributed by atoms with Crippen molar-refractivity contribution in [3.63, 3.8) is 0 Å². The first-order valence-corrected chi connectivity index (χ1v) is 10.1. The fourth-order valence-electron chi connectivity index (χ4n) is 4.19. The molecule has 1 N–H and O–H groups in total. The summed E-state index contributed by atoms with van der Waals surface area (Å²) < 4.78 is 5.29. The molecule has 6 heteroatoms. The standard InChI is InChI=1S/C21H28N4O2/c1-14(18-8-7-16-5-3-4-6-19(16)13-18)22-21(26)25-11-9-17(10-12-25)20-23-15(2)24-27-20/h7-8,13-14,17H,3-6,9-12H2,1-2H3,(H,22,26). The van der Waals surface area contributed by atoms with Crippen LogP contribution in [0.4, 0.5) is 4.79 Å². The van der Waals surface area contributed by atoms with Crippen molar-refractivity contribution in [2.75, 3.05) is 13.1 Å². The summed E-state index contributed by atoms with van der Waals surface area (Å²) in [4.78, 5) is 18.9. The first kappa shape index (κ1) is 18.0. The average molecular weight is 368 g/mol. The third kappa shape index (κ3) is 3.99. The molecule has 1 aliphatic carbocycles. The van der Waals surface area contributed by atoms with Gasteiger partial charge in [0.1, 0.15) is 0 Å². The van der Waals surface area contributed by atoms with Crippen LogP contribution in [0.2, 0.25) is 0 Å². The summed E-state index contributed by atoms with van der Waals surface area (Å²) in [7, 11) is 0. The summed E-state index contributed by atoms with van der Waals surface area (Å²) in [5.74, 6) is 1.63. The van der Waals surface area contributed by atoms with Crippen molar-refractivity contribution < 1.29 is 9.32 Å². The van der Waals surface area contributed by atoms with Crippen LogP contribution in [0.15, 0.2) is 22.7 Å². The van der Waals surface area contributed by atoms with Crippen LogP contribution in [0.3, 0.4) is 0 Å². The highest BCUT2D eigenvalue weighted by Crippen LogP contribution is 2.28. The van der Waals surface area contributed by atoms with Gasteiger partial charge in [0, 0.05) is 19.0 Å². The zero-order chi connectivity index (χ0) is 18.8. The molecule has 4 rings (SSSR count). The summed E-state index contributed by atoms with van der Waals surface area (Å²) in [6, 6.07) is 6.72. The predicted molar refractivity (Wildman–Crippen MR) is 103 cm³/mol. The Morgan fingerprint density at radius 1 is 1.22 bits per heavy atom. The normalized spacial score (nSPS) is 18.8. The molecule has 0 spiro atoms. The van der Waals surface area contributed by atoms with Crippen molar-refractivity contribution in [2.24, 2.45) is 0 Å². The van der Waals surface area contributed by atoms with Crippen LogP contribution in [0, 0.1) is 6.92 Å². The fraction of sp³-hybridized carbons (Fsp3) is 0.571. The van der Waals surface area contributed by atoms with Crippen LogP contribution in [0.1, 0.15) is 73.0 Å². The lowest BCUT2D eigenvalue weighted by molar-refractivity contribution is 0.172. The minimum atomic E-state index is 0.0142. The van der Waals surface area contributed by atoms with Crippen molar-refractivity contribution in [1.82, 2.24) is 20.4 Å². The molecule has 1 aromatic heterocycles. The number of urea groups is 1. The lowest BCUT2D eigenvalue weighted by atomic mass is 9.89. The molecule has 27 heavy (non-hydrogen) atoms. The number of aromatic nitrogens is 2. The number of piperidine rings is 1. The SMILES string of the molecule is Cc1noc(C2CCN(C(=O)NC(C)c3ccc4c(c3)CCCC4)CC2)n1. The minimum absolute atomic E-state index is 0.0142. The van der Waals surface area contributed by atoms with Crippen molar-refractivity contribution in [2.45, 2.75) is 64.3 Å². The largest absolute Gasteiger partial charge is 0.339 e. The fourth-order valence-corrected chi connectivity index (χ4v) is 4.19. The van der Waals surface area contributed by atoms with Gasteiger partial charge in [0.2, 0.25) is 5.89 Å². The molecule has 1 unspecified atom stereocenters. The summed E-state index contributed by atoms with van der Waals surface area (Å²) in [5, 5.41) is 7.04. The molecular formula is C21H28N4O2. The Hall–Kier alpha value is -2.37. The number of carbonyl (C=O) groups excluding carboxylic acids is 1. The van der Waals surface area contributed by atoms with Crippen molar-refractivity contribution >= 4 is 6.03 Å². The number of carbonyl (C=O) groups is 1. The van der Waals surface area contributed by atoms with Gasteiger partial charge in [-0.1, -0.05) is 23.4 Å². The minimum Gasteiger partial charge on any atom is -0.339 e. The van der Waals surface area contributed by atoms with Gasteiger partial charge in [-0.25, -0.2) is 4.79 Å². The van der Waals surface area contributed by atoms with E-state index in [9.17, 15) is 4.79 Å². The van der Waals surface area contributed by atoms with E-state index in [4.69, 9.17) is 4.52 Å². The molecule has 1 atom stereocenters. The van der Waals surface area contributed by atoms with E-state index < -0.39 is 0 Å². The first-order chi connectivity index (χ1) is 13.1. The second-order valence-electron chi connectivity index (χ2n) is 7.85. The van der Waals surface area contributed by atoms with Gasteiger partial charge in [0.05, 0.1) is 6.04 Å². The van der Waals surface area contributed by atoms with Gasteiger partial charge in [0.15, 0.2) is 5.82 Å². The highest BCUT2D eigenvalue weighted by Gasteiger charge is 2.28. The van der Waals surface area contributed by atoms with Crippen LogP contribution in [-0.4, -0.2) is 34.2 Å². The zero-order valence-electron chi connectivity index (χ0n) is 16.2. The van der Waals surface area contributed by atoms with Gasteiger partial charge < -0.3 is 14.7 Å². The number of hydrogen-bond donors (Lipinski definition) is 1. The first-order valence-electron chi connectivity index (χ1n) is 10.1. The molecule has 1 aliphatic heterocycles. The van der Waals surface area contributed by atoms with Gasteiger partial charge >= 0.3 is 6.03 Å². The maximum atomic E-state index is 12.7. The Morgan fingerprint density at radius 3 is 2.67 bits per heavy atom. The Balaban J connectivity index is 1.32. The maximum Gasteiger partial charge on any atom is 0.317 e. The average Bonchev–Trinajstić information content (AvgIpc) is 3.14. The Labute approximate surface area is 160 Å². The van der Waals surface area contributed by atoms with Crippen LogP contribution in [-0.2, 0) is 12.8 Å². The Kier molecular flexibility index (Phi) is 5.14. The van der Waals surface area contributed by atoms with E-state index >= 15 is 0 Å². The molecule has 2 amide bonds. The van der Waals surface area contributed by atoms with E-state index in [1.807, 2.05) is 11.8 Å². The number of nitrogens with one attached hydrogen (secondary N) is 1. The lowest BCUT2D eigenvalue weighted by Crippen LogP contribution is -2.44. The summed E-state index contributed by atoms with van der Waals surface area (Å²) in [6.07, 6.45) is 6.63. The zero-order valence-corrected chi connectivity index (χ0v) is 16.2. The number of amides is 2. The summed E-state index contributed by atoms with van der Waals surface area (Å²) in [5.41, 5.74) is 4.12. The van der Waals surface area contributed by atoms with Crippen LogP contribution < -0.4 is 5.32 Å². The molecule has 2 heterocycles. The van der Waals surface area contributed by atoms with E-state index in [0.29, 0.717) is 11.7 Å². The number of hydrogen-bond acceptors (Lipinski definition) is 4. The molecule has 6 nitrogen and oxygen atoms in total. The van der Waals surface area contributed by atoms with E-state index in [1.54, 1.807) is 0 Å². The highest BCUT2D eigenvalue weighted by molar-refractivity contribution is 5.74. The van der Waals surface area contributed by atoms with E-state index in [2.05, 4.69) is 40.6 Å². The molecule has 0 saturated carbocycles. The van der Waals surface area contributed by atoms with E-state index in [1.165, 1.54) is 36.0 Å². The lowest BCUT2D eigenvalue weighted by Gasteiger charge is -2.31. The van der Waals surface area contributed by atoms with E-state index in [0.717, 1.165) is 32.4 Å². The molecular weight excluding hydrogens is 340 g/mol. The molecule has 2 aromatic rings. The number of likely N-dealkylation sites (tertiary alicyclic amines) is 1.